The van der Waals surface area contributed by atoms with Gasteiger partial charge in [-0.3, -0.25) is 4.90 Å². The van der Waals surface area contributed by atoms with Gasteiger partial charge in [0.1, 0.15) is 0 Å². The molecule has 0 N–H and O–H groups in total. The zero-order chi connectivity index (χ0) is 18.3. The number of aryl methyl sites for hydroxylation is 2. The molecular weight excluding hydrogens is 340 g/mol. The molecule has 0 bridgehead atoms. The van der Waals surface area contributed by atoms with E-state index in [-0.39, 0.29) is 0 Å². The number of nitrogens with zero attached hydrogens (tertiary/aromatic N) is 2. The average Bonchev–Trinajstić information content (AvgIpc) is 2.93. The van der Waals surface area contributed by atoms with E-state index >= 15 is 0 Å². The van der Waals surface area contributed by atoms with Crippen LogP contribution in [0.5, 0.6) is 0 Å². The maximum Gasteiger partial charge on any atom is 0.0487 e. The molecule has 0 amide bonds. The molecular formula is C23H27ClN2. The first-order valence-corrected chi connectivity index (χ1v) is 10.0. The summed E-state index contributed by atoms with van der Waals surface area (Å²) in [4.78, 5) is 2.48. The van der Waals surface area contributed by atoms with Gasteiger partial charge in [0.05, 0.1) is 0 Å². The highest BCUT2D eigenvalue weighted by molar-refractivity contribution is 6.31. The summed E-state index contributed by atoms with van der Waals surface area (Å²) in [6.45, 7) is 5.72. The van der Waals surface area contributed by atoms with E-state index in [1.165, 1.54) is 27.7 Å². The summed E-state index contributed by atoms with van der Waals surface area (Å²) in [6, 6.07) is 18.2. The minimum atomic E-state index is 0.421. The van der Waals surface area contributed by atoms with Crippen molar-refractivity contribution in [1.82, 2.24) is 9.47 Å². The SMILES string of the molecule is CC1Cc2c(c3cc(Cl)ccc3n2CCCc2ccccc2)C(C)N1C. The maximum absolute atomic E-state index is 6.34. The number of hydrogen-bond donors (Lipinski definition) is 0. The van der Waals surface area contributed by atoms with Crippen LogP contribution in [0, 0.1) is 0 Å². The molecule has 2 heterocycles. The van der Waals surface area contributed by atoms with Crippen LogP contribution in [-0.4, -0.2) is 22.6 Å². The lowest BCUT2D eigenvalue weighted by Gasteiger charge is -2.37. The summed E-state index contributed by atoms with van der Waals surface area (Å²) in [6.07, 6.45) is 3.38. The molecule has 3 aromatic rings. The highest BCUT2D eigenvalue weighted by atomic mass is 35.5. The molecule has 1 aliphatic heterocycles. The van der Waals surface area contributed by atoms with E-state index in [2.05, 4.69) is 72.8 Å². The highest BCUT2D eigenvalue weighted by Crippen LogP contribution is 2.40. The third-order valence-corrected chi connectivity index (χ3v) is 6.31. The van der Waals surface area contributed by atoms with Crippen molar-refractivity contribution in [2.24, 2.45) is 0 Å². The highest BCUT2D eigenvalue weighted by Gasteiger charge is 2.31. The summed E-state index contributed by atoms with van der Waals surface area (Å²) in [5.74, 6) is 0. The lowest BCUT2D eigenvalue weighted by molar-refractivity contribution is 0.177. The fourth-order valence-electron chi connectivity index (χ4n) is 4.44. The van der Waals surface area contributed by atoms with Gasteiger partial charge in [0.2, 0.25) is 0 Å². The van der Waals surface area contributed by atoms with Crippen molar-refractivity contribution in [3.05, 3.63) is 70.4 Å². The molecule has 0 radical (unpaired) electrons. The number of halogens is 1. The average molecular weight is 367 g/mol. The number of aromatic nitrogens is 1. The number of rotatable bonds is 4. The van der Waals surface area contributed by atoms with Gasteiger partial charge in [-0.2, -0.15) is 0 Å². The van der Waals surface area contributed by atoms with Crippen molar-refractivity contribution >= 4 is 22.5 Å². The summed E-state index contributed by atoms with van der Waals surface area (Å²) in [5.41, 5.74) is 5.74. The molecule has 1 aromatic heterocycles. The van der Waals surface area contributed by atoms with Crippen molar-refractivity contribution in [2.45, 2.75) is 51.7 Å². The number of hydrogen-bond acceptors (Lipinski definition) is 1. The van der Waals surface area contributed by atoms with Crippen LogP contribution in [0.15, 0.2) is 48.5 Å². The van der Waals surface area contributed by atoms with Crippen LogP contribution < -0.4 is 0 Å². The van der Waals surface area contributed by atoms with E-state index in [1.807, 2.05) is 6.07 Å². The molecule has 0 fully saturated rings. The van der Waals surface area contributed by atoms with E-state index < -0.39 is 0 Å². The van der Waals surface area contributed by atoms with Crippen LogP contribution in [0.4, 0.5) is 0 Å². The van der Waals surface area contributed by atoms with Gasteiger partial charge in [-0.15, -0.1) is 0 Å². The van der Waals surface area contributed by atoms with E-state index in [1.54, 1.807) is 0 Å². The molecule has 26 heavy (non-hydrogen) atoms. The van der Waals surface area contributed by atoms with Crippen LogP contribution in [0.3, 0.4) is 0 Å². The first kappa shape index (κ1) is 17.6. The summed E-state index contributed by atoms with van der Waals surface area (Å²) < 4.78 is 2.56. The van der Waals surface area contributed by atoms with Gasteiger partial charge in [-0.25, -0.2) is 0 Å². The molecule has 2 nitrogen and oxygen atoms in total. The van der Waals surface area contributed by atoms with Crippen LogP contribution in [0.1, 0.15) is 43.1 Å². The second-order valence-electron chi connectivity index (χ2n) is 7.66. The Kier molecular flexibility index (Phi) is 4.81. The smallest absolute Gasteiger partial charge is 0.0487 e. The van der Waals surface area contributed by atoms with E-state index in [4.69, 9.17) is 11.6 Å². The van der Waals surface area contributed by atoms with Crippen LogP contribution in [-0.2, 0) is 19.4 Å². The molecule has 2 unspecified atom stereocenters. The topological polar surface area (TPSA) is 8.17 Å². The quantitative estimate of drug-likeness (QED) is 0.561. The zero-order valence-electron chi connectivity index (χ0n) is 15.9. The Labute approximate surface area is 161 Å². The molecule has 3 heteroatoms. The molecule has 1 aliphatic rings. The molecule has 0 spiro atoms. The fraction of sp³-hybridized carbons (Fsp3) is 0.391. The lowest BCUT2D eigenvalue weighted by Crippen LogP contribution is -2.38. The van der Waals surface area contributed by atoms with E-state index in [0.717, 1.165) is 30.8 Å². The fourth-order valence-corrected chi connectivity index (χ4v) is 4.61. The van der Waals surface area contributed by atoms with E-state index in [0.29, 0.717) is 12.1 Å². The largest absolute Gasteiger partial charge is 0.344 e. The van der Waals surface area contributed by atoms with Crippen molar-refractivity contribution in [3.63, 3.8) is 0 Å². The molecule has 0 aliphatic carbocycles. The second kappa shape index (κ2) is 7.09. The number of benzene rings is 2. The van der Waals surface area contributed by atoms with Gasteiger partial charge >= 0.3 is 0 Å². The van der Waals surface area contributed by atoms with Gasteiger partial charge in [0.15, 0.2) is 0 Å². The second-order valence-corrected chi connectivity index (χ2v) is 8.09. The van der Waals surface area contributed by atoms with Crippen molar-refractivity contribution in [2.75, 3.05) is 7.05 Å². The Balaban J connectivity index is 1.71. The summed E-state index contributed by atoms with van der Waals surface area (Å²) >= 11 is 6.34. The molecule has 0 saturated heterocycles. The van der Waals surface area contributed by atoms with Crippen LogP contribution >= 0.6 is 11.6 Å². The van der Waals surface area contributed by atoms with E-state index in [9.17, 15) is 0 Å². The standard InChI is InChI=1S/C23H27ClN2/c1-16-14-22-23(17(2)25(16)3)20-15-19(24)11-12-21(20)26(22)13-7-10-18-8-5-4-6-9-18/h4-6,8-9,11-12,15-17H,7,10,13-14H2,1-3H3. The van der Waals surface area contributed by atoms with Gasteiger partial charge in [0.25, 0.3) is 0 Å². The molecule has 0 saturated carbocycles. The lowest BCUT2D eigenvalue weighted by atomic mass is 9.93. The number of likely N-dealkylation sites (N-methyl/N-ethyl adjacent to an activating group) is 1. The predicted octanol–water partition coefficient (Wildman–Crippen LogP) is 5.86. The Bertz CT molecular complexity index is 913. The van der Waals surface area contributed by atoms with Crippen LogP contribution in [0.2, 0.25) is 5.02 Å². The molecule has 136 valence electrons. The Morgan fingerprint density at radius 2 is 1.85 bits per heavy atom. The van der Waals surface area contributed by atoms with Crippen molar-refractivity contribution < 1.29 is 0 Å². The van der Waals surface area contributed by atoms with Gasteiger partial charge in [-0.05, 0) is 63.1 Å². The first-order chi connectivity index (χ1) is 12.6. The first-order valence-electron chi connectivity index (χ1n) is 9.62. The van der Waals surface area contributed by atoms with Gasteiger partial charge in [-0.1, -0.05) is 41.9 Å². The maximum atomic E-state index is 6.34. The Morgan fingerprint density at radius 3 is 2.62 bits per heavy atom. The van der Waals surface area contributed by atoms with Gasteiger partial charge < -0.3 is 4.57 Å². The van der Waals surface area contributed by atoms with Gasteiger partial charge in [0, 0.05) is 46.7 Å². The van der Waals surface area contributed by atoms with Crippen molar-refractivity contribution in [3.8, 4) is 0 Å². The Hall–Kier alpha value is -1.77. The van der Waals surface area contributed by atoms with Crippen LogP contribution in [0.25, 0.3) is 10.9 Å². The number of fused-ring (bicyclic) bond motifs is 3. The zero-order valence-corrected chi connectivity index (χ0v) is 16.6. The normalized spacial score (nSPS) is 20.5. The molecule has 2 atom stereocenters. The summed E-state index contributed by atoms with van der Waals surface area (Å²) in [5, 5.41) is 2.16. The van der Waals surface area contributed by atoms with Crippen molar-refractivity contribution in [1.29, 1.82) is 0 Å². The Morgan fingerprint density at radius 1 is 1.08 bits per heavy atom. The minimum absolute atomic E-state index is 0.421. The minimum Gasteiger partial charge on any atom is -0.344 e. The molecule has 4 rings (SSSR count). The third kappa shape index (κ3) is 3.06. The predicted molar refractivity (Wildman–Crippen MR) is 111 cm³/mol. The summed E-state index contributed by atoms with van der Waals surface area (Å²) in [7, 11) is 2.24. The molecule has 2 aromatic carbocycles. The third-order valence-electron chi connectivity index (χ3n) is 6.08. The monoisotopic (exact) mass is 366 g/mol.